The zero-order valence-electron chi connectivity index (χ0n) is 9.13. The molecule has 0 fully saturated rings. The minimum absolute atomic E-state index is 0.353. The number of halogens is 1. The molecular formula is C13H17BrO. The summed E-state index contributed by atoms with van der Waals surface area (Å²) in [5.41, 5.74) is 1.11. The van der Waals surface area contributed by atoms with E-state index in [1.165, 1.54) is 6.42 Å². The van der Waals surface area contributed by atoms with Gasteiger partial charge in [-0.05, 0) is 24.1 Å². The average Bonchev–Trinajstić information content (AvgIpc) is 2.22. The van der Waals surface area contributed by atoms with Crippen LogP contribution in [0.25, 0.3) is 0 Å². The molecule has 0 bridgehead atoms. The Balaban J connectivity index is 2.34. The number of unbranched alkanes of at least 4 members (excludes halogenated alkanes) is 2. The summed E-state index contributed by atoms with van der Waals surface area (Å²) in [7, 11) is 0. The summed E-state index contributed by atoms with van der Waals surface area (Å²) in [5, 5.41) is 0. The van der Waals surface area contributed by atoms with Crippen LogP contribution in [0, 0.1) is 0 Å². The van der Waals surface area contributed by atoms with Crippen LogP contribution in [0.15, 0.2) is 28.7 Å². The molecule has 0 saturated heterocycles. The van der Waals surface area contributed by atoms with Gasteiger partial charge in [0.05, 0.1) is 0 Å². The quantitative estimate of drug-likeness (QED) is 0.709. The van der Waals surface area contributed by atoms with Crippen molar-refractivity contribution >= 4 is 21.7 Å². The Labute approximate surface area is 100 Å². The van der Waals surface area contributed by atoms with E-state index < -0.39 is 0 Å². The number of Topliss-reactive ketones (excluding diaryl/α,β-unsaturated/α-hetero) is 1. The first-order valence-corrected chi connectivity index (χ1v) is 6.28. The lowest BCUT2D eigenvalue weighted by Gasteiger charge is -2.01. The second-order valence-corrected chi connectivity index (χ2v) is 4.71. The lowest BCUT2D eigenvalue weighted by Crippen LogP contribution is -2.02. The summed E-state index contributed by atoms with van der Waals surface area (Å²) in [6, 6.07) is 7.97. The SMILES string of the molecule is CCCCCC(=O)Cc1ccc(Br)cc1. The van der Waals surface area contributed by atoms with E-state index in [1.807, 2.05) is 24.3 Å². The minimum atomic E-state index is 0.353. The van der Waals surface area contributed by atoms with Crippen molar-refractivity contribution in [3.8, 4) is 0 Å². The van der Waals surface area contributed by atoms with Gasteiger partial charge in [0.2, 0.25) is 0 Å². The molecule has 0 aliphatic heterocycles. The van der Waals surface area contributed by atoms with Crippen molar-refractivity contribution in [3.63, 3.8) is 0 Å². The molecule has 0 saturated carbocycles. The highest BCUT2D eigenvalue weighted by Gasteiger charge is 2.02. The van der Waals surface area contributed by atoms with Crippen LogP contribution in [-0.2, 0) is 11.2 Å². The summed E-state index contributed by atoms with van der Waals surface area (Å²) in [4.78, 5) is 11.6. The topological polar surface area (TPSA) is 17.1 Å². The van der Waals surface area contributed by atoms with Gasteiger partial charge < -0.3 is 0 Å². The highest BCUT2D eigenvalue weighted by Crippen LogP contribution is 2.12. The van der Waals surface area contributed by atoms with E-state index in [1.54, 1.807) is 0 Å². The van der Waals surface area contributed by atoms with E-state index in [9.17, 15) is 4.79 Å². The molecule has 1 rings (SSSR count). The van der Waals surface area contributed by atoms with Crippen LogP contribution in [0.4, 0.5) is 0 Å². The second kappa shape index (κ2) is 6.78. The van der Waals surface area contributed by atoms with Crippen molar-refractivity contribution in [1.29, 1.82) is 0 Å². The Morgan fingerprint density at radius 1 is 1.20 bits per heavy atom. The second-order valence-electron chi connectivity index (χ2n) is 3.80. The number of ketones is 1. The van der Waals surface area contributed by atoms with Crippen molar-refractivity contribution < 1.29 is 4.79 Å². The third-order valence-electron chi connectivity index (χ3n) is 2.37. The van der Waals surface area contributed by atoms with Gasteiger partial charge in [0.1, 0.15) is 5.78 Å². The van der Waals surface area contributed by atoms with Crippen LogP contribution < -0.4 is 0 Å². The molecule has 0 spiro atoms. The highest BCUT2D eigenvalue weighted by atomic mass is 79.9. The van der Waals surface area contributed by atoms with E-state index in [-0.39, 0.29) is 0 Å². The Hall–Kier alpha value is -0.630. The molecule has 0 amide bonds. The van der Waals surface area contributed by atoms with Gasteiger partial charge in [-0.2, -0.15) is 0 Å². The molecule has 0 N–H and O–H groups in total. The zero-order valence-corrected chi connectivity index (χ0v) is 10.7. The molecule has 0 atom stereocenters. The monoisotopic (exact) mass is 268 g/mol. The first kappa shape index (κ1) is 12.4. The summed E-state index contributed by atoms with van der Waals surface area (Å²) in [6.07, 6.45) is 4.67. The number of carbonyl (C=O) groups is 1. The molecule has 0 aromatic heterocycles. The normalized spacial score (nSPS) is 10.3. The van der Waals surface area contributed by atoms with Gasteiger partial charge in [0.25, 0.3) is 0 Å². The standard InChI is InChI=1S/C13H17BrO/c1-2-3-4-5-13(15)10-11-6-8-12(14)9-7-11/h6-9H,2-5,10H2,1H3. The van der Waals surface area contributed by atoms with Gasteiger partial charge in [-0.15, -0.1) is 0 Å². The molecule has 82 valence electrons. The van der Waals surface area contributed by atoms with Gasteiger partial charge in [0.15, 0.2) is 0 Å². The fourth-order valence-electron chi connectivity index (χ4n) is 1.49. The number of hydrogen-bond donors (Lipinski definition) is 0. The van der Waals surface area contributed by atoms with Crippen molar-refractivity contribution in [3.05, 3.63) is 34.3 Å². The van der Waals surface area contributed by atoms with Crippen molar-refractivity contribution in [2.24, 2.45) is 0 Å². The molecule has 1 aromatic rings. The lowest BCUT2D eigenvalue weighted by atomic mass is 10.0. The summed E-state index contributed by atoms with van der Waals surface area (Å²) < 4.78 is 1.06. The molecule has 0 radical (unpaired) electrons. The molecule has 0 aliphatic rings. The third kappa shape index (κ3) is 5.12. The zero-order chi connectivity index (χ0) is 11.1. The van der Waals surface area contributed by atoms with Crippen LogP contribution in [0.2, 0.25) is 0 Å². The van der Waals surface area contributed by atoms with E-state index in [2.05, 4.69) is 22.9 Å². The van der Waals surface area contributed by atoms with Crippen LogP contribution >= 0.6 is 15.9 Å². The first-order chi connectivity index (χ1) is 7.22. The maximum Gasteiger partial charge on any atom is 0.137 e. The van der Waals surface area contributed by atoms with Crippen LogP contribution in [0.5, 0.6) is 0 Å². The molecule has 0 unspecified atom stereocenters. The van der Waals surface area contributed by atoms with Gasteiger partial charge >= 0.3 is 0 Å². The number of carbonyl (C=O) groups excluding carboxylic acids is 1. The molecular weight excluding hydrogens is 252 g/mol. The Morgan fingerprint density at radius 2 is 1.87 bits per heavy atom. The predicted molar refractivity (Wildman–Crippen MR) is 67.0 cm³/mol. The fourth-order valence-corrected chi connectivity index (χ4v) is 1.75. The summed E-state index contributed by atoms with van der Waals surface area (Å²) in [5.74, 6) is 0.353. The molecule has 1 nitrogen and oxygen atoms in total. The predicted octanol–water partition coefficient (Wildman–Crippen LogP) is 4.14. The van der Waals surface area contributed by atoms with Crippen molar-refractivity contribution in [1.82, 2.24) is 0 Å². The largest absolute Gasteiger partial charge is 0.299 e. The van der Waals surface area contributed by atoms with E-state index in [0.717, 1.165) is 29.3 Å². The fraction of sp³-hybridized carbons (Fsp3) is 0.462. The van der Waals surface area contributed by atoms with Gasteiger partial charge in [0, 0.05) is 17.3 Å². The molecule has 0 heterocycles. The Kier molecular flexibility index (Phi) is 5.62. The molecule has 15 heavy (non-hydrogen) atoms. The number of hydrogen-bond acceptors (Lipinski definition) is 1. The third-order valence-corrected chi connectivity index (χ3v) is 2.90. The molecule has 2 heteroatoms. The smallest absolute Gasteiger partial charge is 0.137 e. The van der Waals surface area contributed by atoms with Gasteiger partial charge in [-0.25, -0.2) is 0 Å². The van der Waals surface area contributed by atoms with Gasteiger partial charge in [-0.1, -0.05) is 47.8 Å². The van der Waals surface area contributed by atoms with Crippen LogP contribution in [0.3, 0.4) is 0 Å². The van der Waals surface area contributed by atoms with Crippen molar-refractivity contribution in [2.75, 3.05) is 0 Å². The Bertz CT molecular complexity index is 303. The summed E-state index contributed by atoms with van der Waals surface area (Å²) in [6.45, 7) is 2.15. The Morgan fingerprint density at radius 3 is 2.47 bits per heavy atom. The van der Waals surface area contributed by atoms with Crippen LogP contribution in [-0.4, -0.2) is 5.78 Å². The average molecular weight is 269 g/mol. The molecule has 0 aliphatic carbocycles. The maximum atomic E-state index is 11.6. The maximum absolute atomic E-state index is 11.6. The summed E-state index contributed by atoms with van der Waals surface area (Å²) >= 11 is 3.38. The van der Waals surface area contributed by atoms with Crippen molar-refractivity contribution in [2.45, 2.75) is 39.0 Å². The van der Waals surface area contributed by atoms with E-state index in [0.29, 0.717) is 12.2 Å². The molecule has 1 aromatic carbocycles. The van der Waals surface area contributed by atoms with Crippen LogP contribution in [0.1, 0.15) is 38.2 Å². The highest BCUT2D eigenvalue weighted by molar-refractivity contribution is 9.10. The van der Waals surface area contributed by atoms with E-state index in [4.69, 9.17) is 0 Å². The number of rotatable bonds is 6. The van der Waals surface area contributed by atoms with E-state index >= 15 is 0 Å². The first-order valence-electron chi connectivity index (χ1n) is 5.48. The number of benzene rings is 1. The minimum Gasteiger partial charge on any atom is -0.299 e. The lowest BCUT2D eigenvalue weighted by molar-refractivity contribution is -0.118. The van der Waals surface area contributed by atoms with Gasteiger partial charge in [-0.3, -0.25) is 4.79 Å².